The first kappa shape index (κ1) is 27.8. The lowest BCUT2D eigenvalue weighted by molar-refractivity contribution is -0.123. The third-order valence-corrected chi connectivity index (χ3v) is 8.72. The predicted molar refractivity (Wildman–Crippen MR) is 168 cm³/mol. The second kappa shape index (κ2) is 12.2. The van der Waals surface area contributed by atoms with Crippen molar-refractivity contribution in [2.45, 2.75) is 18.7 Å². The Balaban J connectivity index is 1.52. The predicted octanol–water partition coefficient (Wildman–Crippen LogP) is 6.38. The highest BCUT2D eigenvalue weighted by Crippen LogP contribution is 2.49. The Morgan fingerprint density at radius 3 is 2.43 bits per heavy atom. The zero-order valence-corrected chi connectivity index (χ0v) is 24.5. The van der Waals surface area contributed by atoms with Gasteiger partial charge in [-0.25, -0.2) is 4.68 Å². The van der Waals surface area contributed by atoms with Crippen molar-refractivity contribution < 1.29 is 9.59 Å². The maximum absolute atomic E-state index is 13.9. The van der Waals surface area contributed by atoms with Crippen molar-refractivity contribution in [2.75, 3.05) is 17.2 Å². The normalized spacial score (nSPS) is 14.8. The van der Waals surface area contributed by atoms with Crippen molar-refractivity contribution in [3.8, 4) is 16.9 Å². The first-order valence-electron chi connectivity index (χ1n) is 13.6. The van der Waals surface area contributed by atoms with Gasteiger partial charge in [0.1, 0.15) is 12.4 Å². The number of hydrogen-bond donors (Lipinski definition) is 1. The Morgan fingerprint density at radius 2 is 1.69 bits per heavy atom. The molecule has 6 rings (SSSR count). The molecule has 3 aromatic carbocycles. The van der Waals surface area contributed by atoms with Crippen molar-refractivity contribution in [2.24, 2.45) is 0 Å². The molecule has 0 aliphatic carbocycles. The molecule has 5 aromatic rings. The van der Waals surface area contributed by atoms with Gasteiger partial charge in [0.05, 0.1) is 22.4 Å². The van der Waals surface area contributed by atoms with Gasteiger partial charge in [-0.15, -0.1) is 11.8 Å². The minimum Gasteiger partial charge on any atom is -0.350 e. The number of hydrogen-bond acceptors (Lipinski definition) is 5. The van der Waals surface area contributed by atoms with E-state index in [4.69, 9.17) is 16.7 Å². The number of carbonyl (C=O) groups excluding carboxylic acids is 2. The summed E-state index contributed by atoms with van der Waals surface area (Å²) in [4.78, 5) is 32.8. The highest BCUT2D eigenvalue weighted by Gasteiger charge is 2.38. The van der Waals surface area contributed by atoms with Crippen LogP contribution in [0.2, 0.25) is 5.02 Å². The SMILES string of the molecule is Cc1ccc(-n2nc(-c3ccccc3)c3c2N(CC(=O)NCc2ccncc2)C(=O)CS[C@H]3c2ccccc2Cl)cc1. The van der Waals surface area contributed by atoms with Gasteiger partial charge in [-0.05, 0) is 48.4 Å². The Hall–Kier alpha value is -4.40. The van der Waals surface area contributed by atoms with Crippen LogP contribution in [-0.4, -0.2) is 38.9 Å². The Bertz CT molecular complexity index is 1730. The van der Waals surface area contributed by atoms with E-state index in [2.05, 4.69) is 10.3 Å². The van der Waals surface area contributed by atoms with E-state index in [1.165, 1.54) is 11.8 Å². The molecule has 1 N–H and O–H groups in total. The number of pyridine rings is 1. The van der Waals surface area contributed by atoms with Crippen LogP contribution in [0.3, 0.4) is 0 Å². The molecule has 1 aliphatic rings. The molecule has 7 nitrogen and oxygen atoms in total. The van der Waals surface area contributed by atoms with Crippen molar-refractivity contribution in [3.05, 3.63) is 131 Å². The number of carbonyl (C=O) groups is 2. The fraction of sp³-hybridized carbons (Fsp3) is 0.152. The molecule has 0 saturated heterocycles. The van der Waals surface area contributed by atoms with Gasteiger partial charge >= 0.3 is 0 Å². The zero-order valence-electron chi connectivity index (χ0n) is 22.9. The van der Waals surface area contributed by atoms with Crippen LogP contribution in [0.5, 0.6) is 0 Å². The first-order chi connectivity index (χ1) is 20.5. The molecule has 1 atom stereocenters. The molecule has 2 aromatic heterocycles. The summed E-state index contributed by atoms with van der Waals surface area (Å²) in [6.45, 7) is 2.20. The van der Waals surface area contributed by atoms with E-state index in [0.717, 1.165) is 39.2 Å². The number of nitrogens with zero attached hydrogens (tertiary/aromatic N) is 4. The lowest BCUT2D eigenvalue weighted by atomic mass is 9.99. The molecule has 0 bridgehead atoms. The van der Waals surface area contributed by atoms with E-state index in [0.29, 0.717) is 17.4 Å². The van der Waals surface area contributed by atoms with Crippen molar-refractivity contribution in [1.82, 2.24) is 20.1 Å². The average Bonchev–Trinajstić information content (AvgIpc) is 3.34. The summed E-state index contributed by atoms with van der Waals surface area (Å²) < 4.78 is 1.79. The highest BCUT2D eigenvalue weighted by atomic mass is 35.5. The molecule has 0 radical (unpaired) electrons. The summed E-state index contributed by atoms with van der Waals surface area (Å²) in [5.74, 6) is 0.286. The van der Waals surface area contributed by atoms with Crippen LogP contribution in [0, 0.1) is 6.92 Å². The standard InChI is InChI=1S/C33H28ClN5O2S/c1-22-11-13-25(14-12-22)39-33-30(31(37-39)24-7-3-2-4-8-24)32(26-9-5-6-10-27(26)34)42-21-29(41)38(33)20-28(40)36-19-23-15-17-35-18-16-23/h2-18,32H,19-21H2,1H3,(H,36,40)/t32-/m0/s1. The molecule has 1 aliphatic heterocycles. The van der Waals surface area contributed by atoms with Gasteiger partial charge in [-0.1, -0.05) is 77.8 Å². The molecular weight excluding hydrogens is 566 g/mol. The lowest BCUT2D eigenvalue weighted by Crippen LogP contribution is -2.42. The van der Waals surface area contributed by atoms with Crippen molar-refractivity contribution in [3.63, 3.8) is 0 Å². The minimum absolute atomic E-state index is 0.154. The zero-order chi connectivity index (χ0) is 29.1. The highest BCUT2D eigenvalue weighted by molar-refractivity contribution is 8.00. The van der Waals surface area contributed by atoms with Gasteiger partial charge in [-0.2, -0.15) is 5.10 Å². The number of anilines is 1. The lowest BCUT2D eigenvalue weighted by Gasteiger charge is -2.23. The Kier molecular flexibility index (Phi) is 8.08. The molecule has 9 heteroatoms. The molecule has 0 fully saturated rings. The number of thioether (sulfide) groups is 1. The van der Waals surface area contributed by atoms with Crippen LogP contribution in [0.25, 0.3) is 16.9 Å². The van der Waals surface area contributed by atoms with Gasteiger partial charge in [0.25, 0.3) is 0 Å². The number of aromatic nitrogens is 3. The summed E-state index contributed by atoms with van der Waals surface area (Å²) in [5.41, 5.74) is 6.20. The second-order valence-electron chi connectivity index (χ2n) is 10.0. The number of amides is 2. The summed E-state index contributed by atoms with van der Waals surface area (Å²) in [6.07, 6.45) is 3.37. The van der Waals surface area contributed by atoms with Gasteiger partial charge in [-0.3, -0.25) is 19.5 Å². The Morgan fingerprint density at radius 1 is 0.976 bits per heavy atom. The number of nitrogens with one attached hydrogen (secondary N) is 1. The van der Waals surface area contributed by atoms with E-state index in [1.54, 1.807) is 22.0 Å². The monoisotopic (exact) mass is 593 g/mol. The quantitative estimate of drug-likeness (QED) is 0.237. The summed E-state index contributed by atoms with van der Waals surface area (Å²) in [6, 6.07) is 29.3. The van der Waals surface area contributed by atoms with Crippen LogP contribution < -0.4 is 10.2 Å². The van der Waals surface area contributed by atoms with Crippen LogP contribution in [-0.2, 0) is 16.1 Å². The number of aryl methyl sites for hydroxylation is 1. The number of benzene rings is 3. The number of fused-ring (bicyclic) bond motifs is 1. The molecular formula is C33H28ClN5O2S. The number of rotatable bonds is 7. The molecule has 210 valence electrons. The second-order valence-corrected chi connectivity index (χ2v) is 11.5. The van der Waals surface area contributed by atoms with Crippen molar-refractivity contribution >= 4 is 41.0 Å². The van der Waals surface area contributed by atoms with E-state index < -0.39 is 0 Å². The van der Waals surface area contributed by atoms with E-state index in [-0.39, 0.29) is 29.4 Å². The average molecular weight is 594 g/mol. The maximum atomic E-state index is 13.9. The third kappa shape index (κ3) is 5.68. The topological polar surface area (TPSA) is 80.1 Å². The van der Waals surface area contributed by atoms with Crippen LogP contribution >= 0.6 is 23.4 Å². The Labute approximate surface area is 253 Å². The van der Waals surface area contributed by atoms with Crippen LogP contribution in [0.15, 0.2) is 103 Å². The summed E-state index contributed by atoms with van der Waals surface area (Å²) in [5, 5.41) is 8.40. The van der Waals surface area contributed by atoms with Gasteiger partial charge in [0.15, 0.2) is 0 Å². The van der Waals surface area contributed by atoms with Crippen molar-refractivity contribution in [1.29, 1.82) is 0 Å². The van der Waals surface area contributed by atoms with E-state index >= 15 is 0 Å². The van der Waals surface area contributed by atoms with E-state index in [1.807, 2.05) is 97.9 Å². The van der Waals surface area contributed by atoms with Crippen LogP contribution in [0.1, 0.15) is 27.5 Å². The van der Waals surface area contributed by atoms with Crippen LogP contribution in [0.4, 0.5) is 5.82 Å². The molecule has 3 heterocycles. The van der Waals surface area contributed by atoms with Gasteiger partial charge < -0.3 is 5.32 Å². The fourth-order valence-electron chi connectivity index (χ4n) is 5.03. The van der Waals surface area contributed by atoms with Gasteiger partial charge in [0.2, 0.25) is 11.8 Å². The molecule has 0 saturated carbocycles. The maximum Gasteiger partial charge on any atom is 0.240 e. The van der Waals surface area contributed by atoms with E-state index in [9.17, 15) is 9.59 Å². The molecule has 42 heavy (non-hydrogen) atoms. The van der Waals surface area contributed by atoms with Gasteiger partial charge in [0, 0.05) is 35.1 Å². The minimum atomic E-state index is -0.295. The molecule has 2 amide bonds. The molecule has 0 unspecified atom stereocenters. The fourth-order valence-corrected chi connectivity index (χ4v) is 6.57. The summed E-state index contributed by atoms with van der Waals surface area (Å²) >= 11 is 8.26. The molecule has 0 spiro atoms. The largest absolute Gasteiger partial charge is 0.350 e. The summed E-state index contributed by atoms with van der Waals surface area (Å²) in [7, 11) is 0. The smallest absolute Gasteiger partial charge is 0.240 e. The number of halogens is 1. The third-order valence-electron chi connectivity index (χ3n) is 7.14. The first-order valence-corrected chi connectivity index (χ1v) is 15.0.